The summed E-state index contributed by atoms with van der Waals surface area (Å²) in [6.45, 7) is 4.28. The maximum Gasteiger partial charge on any atom is 0.125 e. The minimum absolute atomic E-state index is 1.03. The van der Waals surface area contributed by atoms with E-state index in [1.54, 1.807) is 18.4 Å². The van der Waals surface area contributed by atoms with E-state index in [4.69, 9.17) is 4.74 Å². The second-order valence-corrected chi connectivity index (χ2v) is 4.34. The van der Waals surface area contributed by atoms with Gasteiger partial charge in [-0.3, -0.25) is 0 Å². The number of ether oxygens (including phenoxy) is 1. The van der Waals surface area contributed by atoms with E-state index in [1.165, 1.54) is 21.2 Å². The molecule has 2 heteroatoms. The maximum atomic E-state index is 5.45. The van der Waals surface area contributed by atoms with Gasteiger partial charge in [-0.25, -0.2) is 0 Å². The van der Waals surface area contributed by atoms with E-state index in [0.29, 0.717) is 0 Å². The number of rotatable bonds is 2. The fraction of sp³-hybridized carbons (Fsp3) is 0.333. The SMILES string of the molecule is CCc1c(OC)c(C)cc2sccc12. The van der Waals surface area contributed by atoms with Gasteiger partial charge in [-0.2, -0.15) is 0 Å². The number of aryl methyl sites for hydroxylation is 2. The van der Waals surface area contributed by atoms with Gasteiger partial charge in [0.05, 0.1) is 7.11 Å². The minimum Gasteiger partial charge on any atom is -0.496 e. The normalized spacial score (nSPS) is 10.8. The molecule has 1 nitrogen and oxygen atoms in total. The smallest absolute Gasteiger partial charge is 0.125 e. The molecular weight excluding hydrogens is 192 g/mol. The molecule has 0 N–H and O–H groups in total. The molecule has 2 aromatic rings. The average Bonchev–Trinajstić information content (AvgIpc) is 2.62. The van der Waals surface area contributed by atoms with Crippen molar-refractivity contribution in [1.82, 2.24) is 0 Å². The van der Waals surface area contributed by atoms with Gasteiger partial charge in [0.15, 0.2) is 0 Å². The first-order valence-corrected chi connectivity index (χ1v) is 5.69. The zero-order chi connectivity index (χ0) is 10.1. The Balaban J connectivity index is 2.82. The molecule has 0 aliphatic heterocycles. The summed E-state index contributed by atoms with van der Waals surface area (Å²) in [4.78, 5) is 0. The highest BCUT2D eigenvalue weighted by Gasteiger charge is 2.10. The lowest BCUT2D eigenvalue weighted by Crippen LogP contribution is -1.93. The fourth-order valence-corrected chi connectivity index (χ4v) is 2.85. The summed E-state index contributed by atoms with van der Waals surface area (Å²) >= 11 is 1.79. The van der Waals surface area contributed by atoms with Crippen LogP contribution in [0.4, 0.5) is 0 Å². The number of fused-ring (bicyclic) bond motifs is 1. The van der Waals surface area contributed by atoms with Crippen molar-refractivity contribution >= 4 is 21.4 Å². The predicted octanol–water partition coefficient (Wildman–Crippen LogP) is 3.78. The van der Waals surface area contributed by atoms with Gasteiger partial charge >= 0.3 is 0 Å². The summed E-state index contributed by atoms with van der Waals surface area (Å²) < 4.78 is 6.81. The average molecular weight is 206 g/mol. The van der Waals surface area contributed by atoms with Gasteiger partial charge in [0.25, 0.3) is 0 Å². The molecule has 0 unspecified atom stereocenters. The van der Waals surface area contributed by atoms with Crippen molar-refractivity contribution in [3.8, 4) is 5.75 Å². The standard InChI is InChI=1S/C12H14OS/c1-4-9-10-5-6-14-11(10)7-8(2)12(9)13-3/h5-7H,4H2,1-3H3. The summed E-state index contributed by atoms with van der Waals surface area (Å²) in [7, 11) is 1.75. The topological polar surface area (TPSA) is 9.23 Å². The number of thiophene rings is 1. The molecule has 1 aromatic heterocycles. The molecule has 0 atom stereocenters. The van der Waals surface area contributed by atoms with Gasteiger partial charge in [-0.15, -0.1) is 11.3 Å². The van der Waals surface area contributed by atoms with Gasteiger partial charge in [-0.05, 0) is 41.8 Å². The molecule has 0 saturated carbocycles. The first kappa shape index (κ1) is 9.53. The van der Waals surface area contributed by atoms with E-state index in [-0.39, 0.29) is 0 Å². The zero-order valence-corrected chi connectivity index (χ0v) is 9.57. The number of hydrogen-bond donors (Lipinski definition) is 0. The van der Waals surface area contributed by atoms with Crippen LogP contribution in [0.25, 0.3) is 10.1 Å². The van der Waals surface area contributed by atoms with E-state index < -0.39 is 0 Å². The van der Waals surface area contributed by atoms with E-state index in [1.807, 2.05) is 0 Å². The van der Waals surface area contributed by atoms with Crippen LogP contribution in [0.5, 0.6) is 5.75 Å². The molecule has 1 heterocycles. The van der Waals surface area contributed by atoms with Gasteiger partial charge < -0.3 is 4.74 Å². The number of hydrogen-bond acceptors (Lipinski definition) is 2. The monoisotopic (exact) mass is 206 g/mol. The van der Waals surface area contributed by atoms with Gasteiger partial charge in [0.1, 0.15) is 5.75 Å². The highest BCUT2D eigenvalue weighted by molar-refractivity contribution is 7.17. The lowest BCUT2D eigenvalue weighted by Gasteiger charge is -2.11. The van der Waals surface area contributed by atoms with Crippen LogP contribution < -0.4 is 4.74 Å². The summed E-state index contributed by atoms with van der Waals surface area (Å²) in [5.74, 6) is 1.05. The van der Waals surface area contributed by atoms with Gasteiger partial charge in [-0.1, -0.05) is 6.92 Å². The predicted molar refractivity (Wildman–Crippen MR) is 62.5 cm³/mol. The minimum atomic E-state index is 1.03. The van der Waals surface area contributed by atoms with Crippen LogP contribution in [-0.4, -0.2) is 7.11 Å². The van der Waals surface area contributed by atoms with Crippen molar-refractivity contribution in [3.63, 3.8) is 0 Å². The molecule has 1 aromatic carbocycles. The molecule has 0 radical (unpaired) electrons. The van der Waals surface area contributed by atoms with Crippen molar-refractivity contribution in [2.24, 2.45) is 0 Å². The van der Waals surface area contributed by atoms with E-state index in [2.05, 4.69) is 31.4 Å². The molecule has 74 valence electrons. The fourth-order valence-electron chi connectivity index (χ4n) is 1.94. The first-order valence-electron chi connectivity index (χ1n) is 4.81. The van der Waals surface area contributed by atoms with E-state index in [9.17, 15) is 0 Å². The molecular formula is C12H14OS. The molecule has 2 rings (SSSR count). The van der Waals surface area contributed by atoms with Crippen LogP contribution in [0.1, 0.15) is 18.1 Å². The van der Waals surface area contributed by atoms with Crippen LogP contribution in [-0.2, 0) is 6.42 Å². The molecule has 0 bridgehead atoms. The third kappa shape index (κ3) is 1.30. The highest BCUT2D eigenvalue weighted by Crippen LogP contribution is 2.34. The molecule has 0 aliphatic rings. The summed E-state index contributed by atoms with van der Waals surface area (Å²) in [6.07, 6.45) is 1.03. The second-order valence-electron chi connectivity index (χ2n) is 3.39. The largest absolute Gasteiger partial charge is 0.496 e. The van der Waals surface area contributed by atoms with Crippen molar-refractivity contribution in [3.05, 3.63) is 28.6 Å². The quantitative estimate of drug-likeness (QED) is 0.726. The summed E-state index contributed by atoms with van der Waals surface area (Å²) in [5, 5.41) is 3.49. The van der Waals surface area contributed by atoms with E-state index in [0.717, 1.165) is 12.2 Å². The Morgan fingerprint density at radius 2 is 2.21 bits per heavy atom. The molecule has 0 amide bonds. The van der Waals surface area contributed by atoms with E-state index >= 15 is 0 Å². The van der Waals surface area contributed by atoms with Crippen LogP contribution in [0, 0.1) is 6.92 Å². The number of benzene rings is 1. The van der Waals surface area contributed by atoms with Crippen LogP contribution in [0.2, 0.25) is 0 Å². The molecule has 0 spiro atoms. The summed E-state index contributed by atoms with van der Waals surface area (Å²) in [6, 6.07) is 4.39. The van der Waals surface area contributed by atoms with Gasteiger partial charge in [0, 0.05) is 10.3 Å². The van der Waals surface area contributed by atoms with Crippen LogP contribution in [0.15, 0.2) is 17.5 Å². The molecule has 0 saturated heterocycles. The Hall–Kier alpha value is -1.02. The second kappa shape index (κ2) is 3.62. The number of methoxy groups -OCH3 is 1. The highest BCUT2D eigenvalue weighted by atomic mass is 32.1. The maximum absolute atomic E-state index is 5.45. The summed E-state index contributed by atoms with van der Waals surface area (Å²) in [5.41, 5.74) is 2.57. The van der Waals surface area contributed by atoms with Gasteiger partial charge in [0.2, 0.25) is 0 Å². The van der Waals surface area contributed by atoms with Crippen molar-refractivity contribution in [2.75, 3.05) is 7.11 Å². The van der Waals surface area contributed by atoms with Crippen LogP contribution >= 0.6 is 11.3 Å². The zero-order valence-electron chi connectivity index (χ0n) is 8.76. The van der Waals surface area contributed by atoms with Crippen molar-refractivity contribution in [2.45, 2.75) is 20.3 Å². The molecule has 14 heavy (non-hydrogen) atoms. The lowest BCUT2D eigenvalue weighted by molar-refractivity contribution is 0.408. The Bertz CT molecular complexity index is 457. The third-order valence-electron chi connectivity index (χ3n) is 2.56. The molecule has 0 fully saturated rings. The Labute approximate surface area is 88.3 Å². The Morgan fingerprint density at radius 1 is 1.43 bits per heavy atom. The van der Waals surface area contributed by atoms with Crippen molar-refractivity contribution in [1.29, 1.82) is 0 Å². The Kier molecular flexibility index (Phi) is 2.46. The lowest BCUT2D eigenvalue weighted by atomic mass is 10.0. The molecule has 0 aliphatic carbocycles. The first-order chi connectivity index (χ1) is 6.77. The van der Waals surface area contributed by atoms with Crippen molar-refractivity contribution < 1.29 is 4.74 Å². The third-order valence-corrected chi connectivity index (χ3v) is 3.42. The van der Waals surface area contributed by atoms with Crippen LogP contribution in [0.3, 0.4) is 0 Å². The Morgan fingerprint density at radius 3 is 2.86 bits per heavy atom.